The number of hydrogen-bond donors (Lipinski definition) is 1. The Bertz CT molecular complexity index is 652. The first-order valence-electron chi connectivity index (χ1n) is 13.5. The number of rotatable bonds is 17. The van der Waals surface area contributed by atoms with Crippen LogP contribution in [0.3, 0.4) is 0 Å². The van der Waals surface area contributed by atoms with Crippen LogP contribution in [0.1, 0.15) is 33.6 Å². The summed E-state index contributed by atoms with van der Waals surface area (Å²) in [7, 11) is -15.3. The average Bonchev–Trinajstić information content (AvgIpc) is 2.47. The molecule has 0 aliphatic heterocycles. The molecule has 13 heteroatoms. The van der Waals surface area contributed by atoms with Gasteiger partial charge in [0.15, 0.2) is 25.0 Å². The van der Waals surface area contributed by atoms with Crippen LogP contribution < -0.4 is 0 Å². The summed E-state index contributed by atoms with van der Waals surface area (Å²) in [6, 6.07) is 2.81. The molecule has 6 nitrogen and oxygen atoms in total. The number of hydrogen-bond acceptors (Lipinski definition) is 6. The molecule has 0 aromatic carbocycles. The summed E-state index contributed by atoms with van der Waals surface area (Å²) in [6.07, 6.45) is 2.04. The van der Waals surface area contributed by atoms with Crippen LogP contribution in [-0.2, 0) is 20.6 Å². The highest BCUT2D eigenvalue weighted by Crippen LogP contribution is 2.31. The third-order valence-electron chi connectivity index (χ3n) is 6.17. The van der Waals surface area contributed by atoms with E-state index in [4.69, 9.17) is 20.6 Å². The predicted molar refractivity (Wildman–Crippen MR) is 169 cm³/mol. The Labute approximate surface area is 226 Å². The van der Waals surface area contributed by atoms with E-state index in [1.807, 2.05) is 6.55 Å². The van der Waals surface area contributed by atoms with Crippen molar-refractivity contribution in [1.82, 2.24) is 0 Å². The van der Waals surface area contributed by atoms with Gasteiger partial charge in [-0.2, -0.15) is 0 Å². The van der Waals surface area contributed by atoms with Crippen LogP contribution in [0.5, 0.6) is 0 Å². The molecule has 0 spiro atoms. The molecule has 0 rings (SSSR count). The molecule has 0 heterocycles. The van der Waals surface area contributed by atoms with Gasteiger partial charge in [0.05, 0.1) is 0 Å². The van der Waals surface area contributed by atoms with E-state index in [0.717, 1.165) is 24.9 Å². The van der Waals surface area contributed by atoms with Crippen LogP contribution in [0.15, 0.2) is 0 Å². The largest absolute Gasteiger partial charge is 0.436 e. The highest BCUT2D eigenvalue weighted by Gasteiger charge is 2.45. The van der Waals surface area contributed by atoms with Crippen molar-refractivity contribution in [2.45, 2.75) is 142 Å². The minimum absolute atomic E-state index is 0.548. The van der Waals surface area contributed by atoms with Crippen molar-refractivity contribution < 1.29 is 25.4 Å². The van der Waals surface area contributed by atoms with Crippen LogP contribution in [-0.4, -0.2) is 64.0 Å². The van der Waals surface area contributed by atoms with Gasteiger partial charge in [-0.15, -0.1) is 0 Å². The Balaban J connectivity index is 4.95. The van der Waals surface area contributed by atoms with Crippen LogP contribution in [0.2, 0.25) is 109 Å². The van der Waals surface area contributed by atoms with Gasteiger partial charge in [-0.3, -0.25) is 0 Å². The second-order valence-electron chi connectivity index (χ2n) is 13.8. The van der Waals surface area contributed by atoms with Gasteiger partial charge in [-0.05, 0) is 109 Å². The summed E-state index contributed by atoms with van der Waals surface area (Å²) in [5, 5.41) is 0. The lowest BCUT2D eigenvalue weighted by atomic mass is 10.6. The summed E-state index contributed by atoms with van der Waals surface area (Å²) in [5.41, 5.74) is 0.548. The molecule has 212 valence electrons. The molecule has 0 radical (unpaired) electrons. The molecular weight excluding hydrogens is 557 g/mol. The Morgan fingerprint density at radius 2 is 0.943 bits per heavy atom. The van der Waals surface area contributed by atoms with E-state index in [1.54, 1.807) is 0 Å². The molecule has 0 aliphatic carbocycles. The van der Waals surface area contributed by atoms with Crippen molar-refractivity contribution in [3.05, 3.63) is 0 Å². The average molecular weight is 617 g/mol. The van der Waals surface area contributed by atoms with E-state index in [9.17, 15) is 4.80 Å². The fourth-order valence-corrected chi connectivity index (χ4v) is 36.8. The van der Waals surface area contributed by atoms with Crippen molar-refractivity contribution in [3.63, 3.8) is 0 Å². The zero-order chi connectivity index (χ0) is 28.1. The molecule has 0 saturated carbocycles. The second kappa shape index (κ2) is 13.1. The van der Waals surface area contributed by atoms with Crippen molar-refractivity contribution in [1.29, 1.82) is 0 Å². The van der Waals surface area contributed by atoms with Crippen LogP contribution >= 0.6 is 0 Å². The Morgan fingerprint density at radius 1 is 0.543 bits per heavy atom. The minimum Gasteiger partial charge on any atom is -0.436 e. The Morgan fingerprint density at radius 3 is 1.37 bits per heavy atom. The molecule has 0 bridgehead atoms. The molecule has 35 heavy (non-hydrogen) atoms. The lowest BCUT2D eigenvalue weighted by molar-refractivity contribution is 0.316. The lowest BCUT2D eigenvalue weighted by Gasteiger charge is -2.42. The normalized spacial score (nSPS) is 16.6. The zero-order valence-electron chi connectivity index (χ0n) is 26.1. The van der Waals surface area contributed by atoms with Gasteiger partial charge in [-0.25, -0.2) is 0 Å². The third-order valence-corrected chi connectivity index (χ3v) is 33.6. The van der Waals surface area contributed by atoms with Crippen LogP contribution in [0, 0.1) is 0 Å². The summed E-state index contributed by atoms with van der Waals surface area (Å²) in [5.74, 6) is 0. The molecule has 0 saturated heterocycles. The molecule has 1 atom stereocenters. The highest BCUT2D eigenvalue weighted by atomic mass is 28.5. The van der Waals surface area contributed by atoms with Gasteiger partial charge in [0.2, 0.25) is 0 Å². The minimum atomic E-state index is -2.80. The Kier molecular flexibility index (Phi) is 13.6. The standard InChI is InChI=1S/C22H60O6Si7/c1-17-19-29(4,5)24-33(12,13)28-35(16,23)21-18-20-30(6,7)25-32(10,11)27-34(14,15)26-31(8,9)22(2)3/h22-23H,17-21H2,1-16H3. The van der Waals surface area contributed by atoms with Crippen LogP contribution in [0.25, 0.3) is 0 Å². The molecule has 0 aromatic heterocycles. The summed E-state index contributed by atoms with van der Waals surface area (Å²) >= 11 is 0. The highest BCUT2D eigenvalue weighted by molar-refractivity contribution is 6.90. The second-order valence-corrected chi connectivity index (χ2v) is 41.5. The fourth-order valence-electron chi connectivity index (χ4n) is 4.86. The van der Waals surface area contributed by atoms with Gasteiger partial charge in [0.1, 0.15) is 0 Å². The molecular formula is C22H60O6Si7. The molecule has 1 unspecified atom stereocenters. The maximum atomic E-state index is 11.2. The van der Waals surface area contributed by atoms with E-state index in [2.05, 4.69) is 99.3 Å². The van der Waals surface area contributed by atoms with E-state index in [0.29, 0.717) is 11.6 Å². The van der Waals surface area contributed by atoms with Gasteiger partial charge < -0.3 is 25.4 Å². The topological polar surface area (TPSA) is 66.4 Å². The first kappa shape index (κ1) is 36.3. The first-order chi connectivity index (χ1) is 15.2. The van der Waals surface area contributed by atoms with Crippen molar-refractivity contribution in [3.8, 4) is 0 Å². The molecule has 0 aromatic rings. The zero-order valence-corrected chi connectivity index (χ0v) is 33.1. The van der Waals surface area contributed by atoms with E-state index < -0.39 is 59.2 Å². The first-order valence-corrected chi connectivity index (χ1v) is 33.7. The predicted octanol–water partition coefficient (Wildman–Crippen LogP) is 8.06. The van der Waals surface area contributed by atoms with E-state index >= 15 is 0 Å². The van der Waals surface area contributed by atoms with Crippen molar-refractivity contribution in [2.75, 3.05) is 0 Å². The smallest absolute Gasteiger partial charge is 0.323 e. The maximum absolute atomic E-state index is 11.2. The fraction of sp³-hybridized carbons (Fsp3) is 1.00. The van der Waals surface area contributed by atoms with Crippen molar-refractivity contribution in [2.24, 2.45) is 0 Å². The lowest BCUT2D eigenvalue weighted by Crippen LogP contribution is -2.57. The third kappa shape index (κ3) is 16.1. The van der Waals surface area contributed by atoms with Crippen molar-refractivity contribution >= 4 is 59.2 Å². The monoisotopic (exact) mass is 616 g/mol. The van der Waals surface area contributed by atoms with Crippen LogP contribution in [0.4, 0.5) is 0 Å². The van der Waals surface area contributed by atoms with Gasteiger partial charge in [0.25, 0.3) is 0 Å². The van der Waals surface area contributed by atoms with Gasteiger partial charge >= 0.3 is 34.2 Å². The summed E-state index contributed by atoms with van der Waals surface area (Å²) < 4.78 is 32.9. The summed E-state index contributed by atoms with van der Waals surface area (Å²) in [4.78, 5) is 11.2. The van der Waals surface area contributed by atoms with Gasteiger partial charge in [0, 0.05) is 0 Å². The van der Waals surface area contributed by atoms with E-state index in [1.165, 1.54) is 0 Å². The quantitative estimate of drug-likeness (QED) is 0.167. The molecule has 0 fully saturated rings. The van der Waals surface area contributed by atoms with Gasteiger partial charge in [-0.1, -0.05) is 33.6 Å². The summed E-state index contributed by atoms with van der Waals surface area (Å²) in [6.45, 7) is 35.0. The molecule has 0 amide bonds. The SMILES string of the molecule is CCC[Si](C)(C)O[Si](C)(C)O[Si](C)(O)CCC[Si](C)(C)O[Si](C)(C)O[Si](C)(C)O[Si](C)(C)C(C)C. The van der Waals surface area contributed by atoms with E-state index in [-0.39, 0.29) is 0 Å². The molecule has 1 N–H and O–H groups in total. The molecule has 0 aliphatic rings. The Hall–Kier alpha value is 1.28. The maximum Gasteiger partial charge on any atom is 0.323 e.